The zero-order chi connectivity index (χ0) is 20.1. The summed E-state index contributed by atoms with van der Waals surface area (Å²) in [6.07, 6.45) is 1.46. The number of carbonyl (C=O) groups is 3. The smallest absolute Gasteiger partial charge is 0.338 e. The Kier molecular flexibility index (Phi) is 6.13. The molecule has 0 saturated carbocycles. The topological polar surface area (TPSA) is 80.1 Å². The third kappa shape index (κ3) is 4.60. The molecular formula is C21H24N2O5. The maximum Gasteiger partial charge on any atom is 0.338 e. The molecule has 1 saturated heterocycles. The molecule has 28 heavy (non-hydrogen) atoms. The highest BCUT2D eigenvalue weighted by atomic mass is 16.5. The fourth-order valence-corrected chi connectivity index (χ4v) is 3.02. The second kappa shape index (κ2) is 8.73. The van der Waals surface area contributed by atoms with Gasteiger partial charge in [-0.15, -0.1) is 0 Å². The van der Waals surface area contributed by atoms with Crippen molar-refractivity contribution in [3.8, 4) is 0 Å². The first kappa shape index (κ1) is 19.7. The van der Waals surface area contributed by atoms with E-state index in [2.05, 4.69) is 13.8 Å². The van der Waals surface area contributed by atoms with Crippen molar-refractivity contribution in [2.75, 3.05) is 32.8 Å². The quantitative estimate of drug-likeness (QED) is 0.740. The third-order valence-electron chi connectivity index (χ3n) is 4.79. The summed E-state index contributed by atoms with van der Waals surface area (Å²) in [6, 6.07) is 10.5. The monoisotopic (exact) mass is 384 g/mol. The van der Waals surface area contributed by atoms with E-state index in [0.29, 0.717) is 37.7 Å². The Morgan fingerprint density at radius 2 is 1.64 bits per heavy atom. The van der Waals surface area contributed by atoms with Gasteiger partial charge < -0.3 is 19.0 Å². The molecule has 1 aromatic carbocycles. The number of hydrogen-bond acceptors (Lipinski definition) is 5. The van der Waals surface area contributed by atoms with E-state index in [1.165, 1.54) is 6.26 Å². The van der Waals surface area contributed by atoms with Crippen LogP contribution in [0.15, 0.2) is 47.1 Å². The van der Waals surface area contributed by atoms with Gasteiger partial charge in [-0.1, -0.05) is 26.0 Å². The molecule has 0 aliphatic carbocycles. The largest absolute Gasteiger partial charge is 0.459 e. The van der Waals surface area contributed by atoms with E-state index in [1.807, 2.05) is 12.1 Å². The van der Waals surface area contributed by atoms with E-state index >= 15 is 0 Å². The van der Waals surface area contributed by atoms with Crippen molar-refractivity contribution in [3.05, 3.63) is 59.5 Å². The van der Waals surface area contributed by atoms with Crippen LogP contribution in [0.25, 0.3) is 0 Å². The lowest BCUT2D eigenvalue weighted by Crippen LogP contribution is -2.51. The first-order chi connectivity index (χ1) is 13.5. The molecule has 0 radical (unpaired) electrons. The Morgan fingerprint density at radius 3 is 2.21 bits per heavy atom. The van der Waals surface area contributed by atoms with Gasteiger partial charge in [0.1, 0.15) is 0 Å². The fraction of sp³-hybridized carbons (Fsp3) is 0.381. The molecule has 1 aromatic heterocycles. The second-order valence-corrected chi connectivity index (χ2v) is 7.00. The summed E-state index contributed by atoms with van der Waals surface area (Å²) in [5.74, 6) is -0.303. The zero-order valence-corrected chi connectivity index (χ0v) is 16.1. The Balaban J connectivity index is 1.45. The van der Waals surface area contributed by atoms with E-state index in [4.69, 9.17) is 9.15 Å². The summed E-state index contributed by atoms with van der Waals surface area (Å²) >= 11 is 0. The molecule has 148 valence electrons. The van der Waals surface area contributed by atoms with Crippen LogP contribution in [0.3, 0.4) is 0 Å². The van der Waals surface area contributed by atoms with Gasteiger partial charge in [-0.3, -0.25) is 9.59 Å². The number of hydrogen-bond donors (Lipinski definition) is 0. The van der Waals surface area contributed by atoms with Crippen molar-refractivity contribution in [1.29, 1.82) is 0 Å². The summed E-state index contributed by atoms with van der Waals surface area (Å²) in [7, 11) is 0. The highest BCUT2D eigenvalue weighted by Crippen LogP contribution is 2.15. The van der Waals surface area contributed by atoms with Crippen LogP contribution in [0.2, 0.25) is 0 Å². The van der Waals surface area contributed by atoms with Crippen molar-refractivity contribution in [1.82, 2.24) is 9.80 Å². The molecule has 0 spiro atoms. The number of nitrogens with zero attached hydrogens (tertiary/aromatic N) is 2. The minimum atomic E-state index is -0.518. The van der Waals surface area contributed by atoms with Crippen LogP contribution in [-0.4, -0.2) is 60.4 Å². The molecular weight excluding hydrogens is 360 g/mol. The Bertz CT molecular complexity index is 819. The molecule has 2 amide bonds. The normalized spacial score (nSPS) is 14.2. The Hall–Kier alpha value is -3.09. The number of amides is 2. The lowest BCUT2D eigenvalue weighted by molar-refractivity contribution is -0.136. The lowest BCUT2D eigenvalue weighted by atomic mass is 10.0. The molecule has 0 N–H and O–H groups in total. The molecule has 1 aliphatic heterocycles. The molecule has 7 heteroatoms. The standard InChI is InChI=1S/C21H24N2O5/c1-15(2)16-5-7-17(8-6-16)21(26)28-14-19(24)22-9-11-23(12-10-22)20(25)18-4-3-13-27-18/h3-8,13,15H,9-12,14H2,1-2H3. The summed E-state index contributed by atoms with van der Waals surface area (Å²) < 4.78 is 10.3. The third-order valence-corrected chi connectivity index (χ3v) is 4.79. The Labute approximate surface area is 163 Å². The molecule has 2 heterocycles. The summed E-state index contributed by atoms with van der Waals surface area (Å²) in [5, 5.41) is 0. The van der Waals surface area contributed by atoms with Crippen LogP contribution in [0, 0.1) is 0 Å². The number of ether oxygens (including phenoxy) is 1. The molecule has 7 nitrogen and oxygen atoms in total. The minimum Gasteiger partial charge on any atom is -0.459 e. The van der Waals surface area contributed by atoms with Gasteiger partial charge in [0.2, 0.25) is 0 Å². The number of piperazine rings is 1. The van der Waals surface area contributed by atoms with E-state index in [1.54, 1.807) is 34.1 Å². The Morgan fingerprint density at radius 1 is 1.00 bits per heavy atom. The van der Waals surface area contributed by atoms with E-state index in [9.17, 15) is 14.4 Å². The molecule has 2 aromatic rings. The number of carbonyl (C=O) groups excluding carboxylic acids is 3. The van der Waals surface area contributed by atoms with Crippen LogP contribution >= 0.6 is 0 Å². The predicted molar refractivity (Wildman–Crippen MR) is 102 cm³/mol. The van der Waals surface area contributed by atoms with Crippen LogP contribution in [0.1, 0.15) is 46.2 Å². The highest BCUT2D eigenvalue weighted by Gasteiger charge is 2.26. The van der Waals surface area contributed by atoms with Gasteiger partial charge in [-0.05, 0) is 35.7 Å². The van der Waals surface area contributed by atoms with Gasteiger partial charge in [0.25, 0.3) is 11.8 Å². The van der Waals surface area contributed by atoms with E-state index in [0.717, 1.165) is 5.56 Å². The maximum absolute atomic E-state index is 12.3. The van der Waals surface area contributed by atoms with E-state index < -0.39 is 5.97 Å². The van der Waals surface area contributed by atoms with Crippen LogP contribution < -0.4 is 0 Å². The molecule has 3 rings (SSSR count). The zero-order valence-electron chi connectivity index (χ0n) is 16.1. The van der Waals surface area contributed by atoms with E-state index in [-0.39, 0.29) is 24.2 Å². The average molecular weight is 384 g/mol. The first-order valence-electron chi connectivity index (χ1n) is 9.33. The number of rotatable bonds is 5. The van der Waals surface area contributed by atoms with Gasteiger partial charge in [-0.2, -0.15) is 0 Å². The summed E-state index contributed by atoms with van der Waals surface area (Å²) in [6.45, 7) is 5.46. The molecule has 1 fully saturated rings. The molecule has 0 unspecified atom stereocenters. The maximum atomic E-state index is 12.3. The van der Waals surface area contributed by atoms with Crippen LogP contribution in [0.5, 0.6) is 0 Å². The van der Waals surface area contributed by atoms with Gasteiger partial charge >= 0.3 is 5.97 Å². The molecule has 0 bridgehead atoms. The number of furan rings is 1. The first-order valence-corrected chi connectivity index (χ1v) is 9.33. The average Bonchev–Trinajstić information content (AvgIpc) is 3.26. The van der Waals surface area contributed by atoms with Crippen molar-refractivity contribution in [3.63, 3.8) is 0 Å². The molecule has 0 atom stereocenters. The summed E-state index contributed by atoms with van der Waals surface area (Å²) in [4.78, 5) is 39.9. The van der Waals surface area contributed by atoms with Crippen molar-refractivity contribution >= 4 is 17.8 Å². The SMILES string of the molecule is CC(C)c1ccc(C(=O)OCC(=O)N2CCN(C(=O)c3ccco3)CC2)cc1. The fourth-order valence-electron chi connectivity index (χ4n) is 3.02. The van der Waals surface area contributed by atoms with Crippen LogP contribution in [-0.2, 0) is 9.53 Å². The van der Waals surface area contributed by atoms with Crippen molar-refractivity contribution in [2.24, 2.45) is 0 Å². The van der Waals surface area contributed by atoms with Crippen LogP contribution in [0.4, 0.5) is 0 Å². The second-order valence-electron chi connectivity index (χ2n) is 7.00. The van der Waals surface area contributed by atoms with Crippen molar-refractivity contribution in [2.45, 2.75) is 19.8 Å². The highest BCUT2D eigenvalue weighted by molar-refractivity contribution is 5.92. The van der Waals surface area contributed by atoms with Gasteiger partial charge in [0, 0.05) is 26.2 Å². The lowest BCUT2D eigenvalue weighted by Gasteiger charge is -2.34. The molecule has 1 aliphatic rings. The van der Waals surface area contributed by atoms with Gasteiger partial charge in [0.15, 0.2) is 12.4 Å². The predicted octanol–water partition coefficient (Wildman–Crippen LogP) is 2.54. The number of esters is 1. The van der Waals surface area contributed by atoms with Crippen molar-refractivity contribution < 1.29 is 23.5 Å². The summed E-state index contributed by atoms with van der Waals surface area (Å²) in [5.41, 5.74) is 1.56. The number of benzene rings is 1. The van der Waals surface area contributed by atoms with Gasteiger partial charge in [0.05, 0.1) is 11.8 Å². The minimum absolute atomic E-state index is 0.187. The van der Waals surface area contributed by atoms with Gasteiger partial charge in [-0.25, -0.2) is 4.79 Å².